The lowest BCUT2D eigenvalue weighted by Crippen LogP contribution is -2.13. The van der Waals surface area contributed by atoms with Crippen LogP contribution in [0, 0.1) is 0 Å². The van der Waals surface area contributed by atoms with Crippen molar-refractivity contribution in [1.82, 2.24) is 0 Å². The van der Waals surface area contributed by atoms with Crippen LogP contribution in [-0.4, -0.2) is 33.7 Å². The van der Waals surface area contributed by atoms with Gasteiger partial charge in [0.2, 0.25) is 11.5 Å². The van der Waals surface area contributed by atoms with Crippen LogP contribution < -0.4 is 18.9 Å². The number of ether oxygens (including phenoxy) is 4. The van der Waals surface area contributed by atoms with Crippen LogP contribution in [0.2, 0.25) is 0 Å². The van der Waals surface area contributed by atoms with Crippen molar-refractivity contribution in [2.75, 3.05) is 27.9 Å². The fourth-order valence-corrected chi connectivity index (χ4v) is 2.06. The van der Waals surface area contributed by atoms with Gasteiger partial charge in [0.15, 0.2) is 18.1 Å². The highest BCUT2D eigenvalue weighted by Gasteiger charge is 2.20. The van der Waals surface area contributed by atoms with Crippen molar-refractivity contribution in [2.24, 2.45) is 0 Å². The number of ketones is 1. The third kappa shape index (κ3) is 3.31. The van der Waals surface area contributed by atoms with Gasteiger partial charge < -0.3 is 18.9 Å². The first-order valence-electron chi connectivity index (χ1n) is 6.71. The Morgan fingerprint density at radius 3 is 2.14 bits per heavy atom. The normalized spacial score (nSPS) is 9.95. The van der Waals surface area contributed by atoms with Crippen molar-refractivity contribution in [1.29, 1.82) is 0 Å². The molecular weight excluding hydrogens is 284 g/mol. The molecule has 0 spiro atoms. The number of rotatable bonds is 7. The summed E-state index contributed by atoms with van der Waals surface area (Å²) in [4.78, 5) is 12.4. The summed E-state index contributed by atoms with van der Waals surface area (Å²) >= 11 is 0. The topological polar surface area (TPSA) is 54.0 Å². The van der Waals surface area contributed by atoms with Crippen molar-refractivity contribution < 1.29 is 23.7 Å². The first-order chi connectivity index (χ1) is 10.7. The van der Waals surface area contributed by atoms with Crippen LogP contribution in [0.25, 0.3) is 0 Å². The van der Waals surface area contributed by atoms with E-state index < -0.39 is 0 Å². The zero-order valence-corrected chi connectivity index (χ0v) is 12.8. The minimum absolute atomic E-state index is 0.0874. The van der Waals surface area contributed by atoms with Gasteiger partial charge in [-0.2, -0.15) is 0 Å². The van der Waals surface area contributed by atoms with Gasteiger partial charge >= 0.3 is 0 Å². The second kappa shape index (κ2) is 7.36. The van der Waals surface area contributed by atoms with Gasteiger partial charge in [-0.15, -0.1) is 0 Å². The Morgan fingerprint density at radius 2 is 1.55 bits per heavy atom. The first kappa shape index (κ1) is 15.7. The summed E-state index contributed by atoms with van der Waals surface area (Å²) in [6.07, 6.45) is 0. The molecule has 0 aromatic heterocycles. The molecule has 2 rings (SSSR count). The van der Waals surface area contributed by atoms with Crippen molar-refractivity contribution in [3.05, 3.63) is 48.0 Å². The summed E-state index contributed by atoms with van der Waals surface area (Å²) in [5.74, 6) is 1.65. The van der Waals surface area contributed by atoms with Crippen LogP contribution in [0.5, 0.6) is 23.0 Å². The fourth-order valence-electron chi connectivity index (χ4n) is 2.06. The van der Waals surface area contributed by atoms with Crippen LogP contribution in [0.4, 0.5) is 0 Å². The highest BCUT2D eigenvalue weighted by molar-refractivity contribution is 6.01. The SMILES string of the molecule is COc1ccc(C(=O)COc2ccccc2)c(OC)c1OC. The molecular formula is C17H18O5. The van der Waals surface area contributed by atoms with E-state index in [1.165, 1.54) is 21.3 Å². The molecule has 5 heteroatoms. The molecule has 5 nitrogen and oxygen atoms in total. The second-order valence-corrected chi connectivity index (χ2v) is 4.41. The Kier molecular flexibility index (Phi) is 5.25. The molecule has 0 aliphatic carbocycles. The van der Waals surface area contributed by atoms with Crippen LogP contribution >= 0.6 is 0 Å². The number of carbonyl (C=O) groups excluding carboxylic acids is 1. The molecule has 0 heterocycles. The highest BCUT2D eigenvalue weighted by atomic mass is 16.5. The van der Waals surface area contributed by atoms with E-state index >= 15 is 0 Å². The van der Waals surface area contributed by atoms with E-state index in [4.69, 9.17) is 18.9 Å². The van der Waals surface area contributed by atoms with Crippen LogP contribution in [0.15, 0.2) is 42.5 Å². The zero-order chi connectivity index (χ0) is 15.9. The van der Waals surface area contributed by atoms with Crippen molar-refractivity contribution in [2.45, 2.75) is 0 Å². The van der Waals surface area contributed by atoms with Gasteiger partial charge in [-0.1, -0.05) is 18.2 Å². The molecule has 0 fully saturated rings. The van der Waals surface area contributed by atoms with E-state index in [2.05, 4.69) is 0 Å². The van der Waals surface area contributed by atoms with Gasteiger partial charge in [0, 0.05) is 0 Å². The molecule has 0 aliphatic heterocycles. The van der Waals surface area contributed by atoms with E-state index in [0.717, 1.165) is 0 Å². The van der Waals surface area contributed by atoms with Gasteiger partial charge in [-0.3, -0.25) is 4.79 Å². The molecule has 22 heavy (non-hydrogen) atoms. The number of para-hydroxylation sites is 1. The quantitative estimate of drug-likeness (QED) is 0.736. The number of benzene rings is 2. The standard InChI is InChI=1S/C17H18O5/c1-19-15-10-9-13(16(20-2)17(15)21-3)14(18)11-22-12-7-5-4-6-8-12/h4-10H,11H2,1-3H3. The summed E-state index contributed by atoms with van der Waals surface area (Å²) in [5.41, 5.74) is 0.385. The minimum atomic E-state index is -0.207. The number of carbonyl (C=O) groups is 1. The molecule has 0 radical (unpaired) electrons. The Bertz CT molecular complexity index is 637. The van der Waals surface area contributed by atoms with Crippen LogP contribution in [-0.2, 0) is 0 Å². The highest BCUT2D eigenvalue weighted by Crippen LogP contribution is 2.39. The van der Waals surface area contributed by atoms with Crippen molar-refractivity contribution in [3.8, 4) is 23.0 Å². The number of hydrogen-bond donors (Lipinski definition) is 0. The maximum absolute atomic E-state index is 12.4. The molecule has 2 aromatic carbocycles. The molecule has 0 bridgehead atoms. The Hall–Kier alpha value is -2.69. The number of hydrogen-bond acceptors (Lipinski definition) is 5. The molecule has 0 amide bonds. The van der Waals surface area contributed by atoms with Crippen molar-refractivity contribution >= 4 is 5.78 Å². The van der Waals surface area contributed by atoms with E-state index in [1.54, 1.807) is 24.3 Å². The third-order valence-electron chi connectivity index (χ3n) is 3.12. The third-order valence-corrected chi connectivity index (χ3v) is 3.12. The Morgan fingerprint density at radius 1 is 0.864 bits per heavy atom. The summed E-state index contributed by atoms with van der Waals surface area (Å²) in [7, 11) is 4.50. The zero-order valence-electron chi connectivity index (χ0n) is 12.8. The lowest BCUT2D eigenvalue weighted by molar-refractivity contribution is 0.0917. The first-order valence-corrected chi connectivity index (χ1v) is 6.71. The Balaban J connectivity index is 2.22. The van der Waals surface area contributed by atoms with Gasteiger partial charge in [0.1, 0.15) is 5.75 Å². The van der Waals surface area contributed by atoms with Gasteiger partial charge in [-0.05, 0) is 24.3 Å². The smallest absolute Gasteiger partial charge is 0.204 e. The number of methoxy groups -OCH3 is 3. The molecule has 0 saturated heterocycles. The van der Waals surface area contributed by atoms with Crippen molar-refractivity contribution in [3.63, 3.8) is 0 Å². The monoisotopic (exact) mass is 302 g/mol. The minimum Gasteiger partial charge on any atom is -0.493 e. The molecule has 2 aromatic rings. The van der Waals surface area contributed by atoms with Crippen LogP contribution in [0.1, 0.15) is 10.4 Å². The summed E-state index contributed by atoms with van der Waals surface area (Å²) in [6, 6.07) is 12.5. The second-order valence-electron chi connectivity index (χ2n) is 4.41. The lowest BCUT2D eigenvalue weighted by Gasteiger charge is -2.15. The fraction of sp³-hybridized carbons (Fsp3) is 0.235. The molecule has 0 atom stereocenters. The van der Waals surface area contributed by atoms with E-state index in [9.17, 15) is 4.79 Å². The predicted molar refractivity (Wildman–Crippen MR) is 82.4 cm³/mol. The van der Waals surface area contributed by atoms with Gasteiger partial charge in [0.25, 0.3) is 0 Å². The number of Topliss-reactive ketones (excluding diaryl/α,β-unsaturated/α-hetero) is 1. The molecule has 116 valence electrons. The molecule has 0 N–H and O–H groups in total. The summed E-state index contributed by atoms with van der Waals surface area (Å²) in [6.45, 7) is -0.0874. The molecule has 0 saturated carbocycles. The average molecular weight is 302 g/mol. The maximum atomic E-state index is 12.4. The maximum Gasteiger partial charge on any atom is 0.204 e. The summed E-state index contributed by atoms with van der Waals surface area (Å²) < 4.78 is 21.2. The van der Waals surface area contributed by atoms with E-state index in [1.807, 2.05) is 18.2 Å². The lowest BCUT2D eigenvalue weighted by atomic mass is 10.1. The van der Waals surface area contributed by atoms with Gasteiger partial charge in [0.05, 0.1) is 26.9 Å². The largest absolute Gasteiger partial charge is 0.493 e. The molecule has 0 aliphatic rings. The predicted octanol–water partition coefficient (Wildman–Crippen LogP) is 2.97. The average Bonchev–Trinajstić information content (AvgIpc) is 2.58. The Labute approximate surface area is 129 Å². The van der Waals surface area contributed by atoms with E-state index in [-0.39, 0.29) is 12.4 Å². The van der Waals surface area contributed by atoms with Gasteiger partial charge in [-0.25, -0.2) is 0 Å². The van der Waals surface area contributed by atoms with E-state index in [0.29, 0.717) is 28.6 Å². The summed E-state index contributed by atoms with van der Waals surface area (Å²) in [5, 5.41) is 0. The molecule has 0 unspecified atom stereocenters. The van der Waals surface area contributed by atoms with Crippen LogP contribution in [0.3, 0.4) is 0 Å².